The molecule has 3 atom stereocenters. The summed E-state index contributed by atoms with van der Waals surface area (Å²) in [6.07, 6.45) is 1.72. The van der Waals surface area contributed by atoms with Gasteiger partial charge >= 0.3 is 6.03 Å². The van der Waals surface area contributed by atoms with Gasteiger partial charge in [0.25, 0.3) is 0 Å². The van der Waals surface area contributed by atoms with Gasteiger partial charge in [0.1, 0.15) is 5.82 Å². The molecule has 1 aliphatic carbocycles. The van der Waals surface area contributed by atoms with E-state index < -0.39 is 11.8 Å². The average molecular weight is 499 g/mol. The molecule has 0 spiro atoms. The van der Waals surface area contributed by atoms with E-state index in [1.54, 1.807) is 18.2 Å². The molecule has 11 heteroatoms. The van der Waals surface area contributed by atoms with E-state index in [0.717, 1.165) is 5.56 Å². The van der Waals surface area contributed by atoms with Crippen LogP contribution in [0, 0.1) is 11.7 Å². The van der Waals surface area contributed by atoms with E-state index in [1.807, 2.05) is 6.07 Å². The lowest BCUT2D eigenvalue weighted by molar-refractivity contribution is -0.137. The molecule has 3 aromatic rings. The van der Waals surface area contributed by atoms with Crippen LogP contribution in [0.3, 0.4) is 0 Å². The molecule has 9 nitrogen and oxygen atoms in total. The first-order chi connectivity index (χ1) is 17.0. The Labute approximate surface area is 204 Å². The van der Waals surface area contributed by atoms with E-state index in [9.17, 15) is 14.0 Å². The van der Waals surface area contributed by atoms with Crippen molar-refractivity contribution in [2.24, 2.45) is 5.92 Å². The van der Waals surface area contributed by atoms with Gasteiger partial charge < -0.3 is 19.3 Å². The van der Waals surface area contributed by atoms with Gasteiger partial charge in [0.2, 0.25) is 24.4 Å². The lowest BCUT2D eigenvalue weighted by atomic mass is 9.76. The maximum absolute atomic E-state index is 13.8. The lowest BCUT2D eigenvalue weighted by Gasteiger charge is -2.41. The van der Waals surface area contributed by atoms with Crippen LogP contribution in [0.25, 0.3) is 11.4 Å². The summed E-state index contributed by atoms with van der Waals surface area (Å²) in [5, 5.41) is 6.97. The molecule has 2 aliphatic heterocycles. The summed E-state index contributed by atoms with van der Waals surface area (Å²) in [6.45, 7) is 0.309. The number of hydrogen-bond donors (Lipinski definition) is 1. The van der Waals surface area contributed by atoms with Crippen molar-refractivity contribution in [3.05, 3.63) is 58.7 Å². The Hall–Kier alpha value is -3.66. The Balaban J connectivity index is 1.14. The summed E-state index contributed by atoms with van der Waals surface area (Å²) in [7, 11) is 0. The minimum absolute atomic E-state index is 0.0149. The van der Waals surface area contributed by atoms with Crippen LogP contribution in [0.5, 0.6) is 11.5 Å². The molecule has 0 bridgehead atoms. The molecule has 35 heavy (non-hydrogen) atoms. The summed E-state index contributed by atoms with van der Waals surface area (Å²) in [4.78, 5) is 31.7. The zero-order chi connectivity index (χ0) is 24.1. The van der Waals surface area contributed by atoms with Crippen molar-refractivity contribution in [2.75, 3.05) is 6.79 Å². The number of imide groups is 1. The predicted molar refractivity (Wildman–Crippen MR) is 120 cm³/mol. The molecule has 2 aromatic carbocycles. The van der Waals surface area contributed by atoms with Gasteiger partial charge in [-0.15, -0.1) is 0 Å². The van der Waals surface area contributed by atoms with E-state index in [4.69, 9.17) is 25.6 Å². The maximum Gasteiger partial charge on any atom is 0.324 e. The molecule has 1 saturated carbocycles. The first kappa shape index (κ1) is 21.8. The van der Waals surface area contributed by atoms with Crippen molar-refractivity contribution in [1.82, 2.24) is 20.4 Å². The smallest absolute Gasteiger partial charge is 0.324 e. The van der Waals surface area contributed by atoms with Crippen molar-refractivity contribution < 1.29 is 28.0 Å². The van der Waals surface area contributed by atoms with Crippen molar-refractivity contribution in [3.8, 4) is 22.9 Å². The fourth-order valence-corrected chi connectivity index (χ4v) is 5.03. The summed E-state index contributed by atoms with van der Waals surface area (Å²) >= 11 is 5.75. The Bertz CT molecular complexity index is 1330. The van der Waals surface area contributed by atoms with E-state index in [1.165, 1.54) is 17.0 Å². The molecule has 3 aliphatic rings. The highest BCUT2D eigenvalue weighted by Gasteiger charge is 2.45. The molecule has 3 heterocycles. The normalized spacial score (nSPS) is 23.3. The second-order valence-electron chi connectivity index (χ2n) is 8.87. The van der Waals surface area contributed by atoms with Gasteiger partial charge in [-0.3, -0.25) is 9.69 Å². The van der Waals surface area contributed by atoms with E-state index in [-0.39, 0.29) is 48.0 Å². The quantitative estimate of drug-likeness (QED) is 0.572. The molecular weight excluding hydrogens is 479 g/mol. The topological polar surface area (TPSA) is 107 Å². The summed E-state index contributed by atoms with van der Waals surface area (Å²) in [5.41, 5.74) is 1.23. The molecule has 180 valence electrons. The summed E-state index contributed by atoms with van der Waals surface area (Å²) < 4.78 is 30.0. The molecule has 3 amide bonds. The molecule has 1 N–H and O–H groups in total. The number of carbonyl (C=O) groups excluding carboxylic acids is 2. The van der Waals surface area contributed by atoms with Crippen LogP contribution in [0.2, 0.25) is 5.02 Å². The number of carbonyl (C=O) groups is 2. The monoisotopic (exact) mass is 498 g/mol. The first-order valence-electron chi connectivity index (χ1n) is 11.3. The Morgan fingerprint density at radius 2 is 1.97 bits per heavy atom. The van der Waals surface area contributed by atoms with E-state index in [0.29, 0.717) is 42.2 Å². The predicted octanol–water partition coefficient (Wildman–Crippen LogP) is 4.26. The molecular formula is C24H20ClFN4O5. The first-order valence-corrected chi connectivity index (χ1v) is 11.6. The minimum Gasteiger partial charge on any atom is -0.454 e. The third-order valence-electron chi connectivity index (χ3n) is 6.73. The standard InChI is InChI=1S/C24H20ClFN4O5/c25-16-5-3-13(8-17(16)26)21-28-22(35-29-21)14-2-4-15-18(9-14)27-24(32)30(23(15)31)10-12-1-6-19-20(7-12)34-11-33-19/h1,3,5-8,14-15,18H,2,4,9-11H2,(H,27,32). The largest absolute Gasteiger partial charge is 0.454 e. The number of halogens is 2. The van der Waals surface area contributed by atoms with Crippen molar-refractivity contribution in [1.29, 1.82) is 0 Å². The molecule has 6 rings (SSSR count). The highest BCUT2D eigenvalue weighted by atomic mass is 35.5. The van der Waals surface area contributed by atoms with Crippen LogP contribution in [0.4, 0.5) is 9.18 Å². The van der Waals surface area contributed by atoms with Crippen molar-refractivity contribution in [2.45, 2.75) is 37.8 Å². The van der Waals surface area contributed by atoms with Crippen LogP contribution in [0.1, 0.15) is 36.6 Å². The Morgan fingerprint density at radius 1 is 1.11 bits per heavy atom. The number of benzene rings is 2. The van der Waals surface area contributed by atoms with Gasteiger partial charge in [-0.1, -0.05) is 22.8 Å². The van der Waals surface area contributed by atoms with Crippen molar-refractivity contribution in [3.63, 3.8) is 0 Å². The van der Waals surface area contributed by atoms with Crippen molar-refractivity contribution >= 4 is 23.5 Å². The Morgan fingerprint density at radius 3 is 2.83 bits per heavy atom. The maximum atomic E-state index is 13.8. The fraction of sp³-hybridized carbons (Fsp3) is 0.333. The van der Waals surface area contributed by atoms with Gasteiger partial charge in [-0.25, -0.2) is 9.18 Å². The summed E-state index contributed by atoms with van der Waals surface area (Å²) in [6, 6.07) is 8.92. The van der Waals surface area contributed by atoms with Gasteiger partial charge in [0.05, 0.1) is 17.5 Å². The molecule has 3 unspecified atom stereocenters. The number of aromatic nitrogens is 2. The second-order valence-corrected chi connectivity index (χ2v) is 9.28. The van der Waals surface area contributed by atoms with Gasteiger partial charge in [-0.2, -0.15) is 4.98 Å². The number of nitrogens with one attached hydrogen (secondary N) is 1. The van der Waals surface area contributed by atoms with Gasteiger partial charge in [0, 0.05) is 17.5 Å². The zero-order valence-corrected chi connectivity index (χ0v) is 19.1. The van der Waals surface area contributed by atoms with Gasteiger partial charge in [0.15, 0.2) is 11.5 Å². The SMILES string of the molecule is O=C1NC2CC(c3nc(-c4ccc(Cl)c(F)c4)no3)CCC2C(=O)N1Cc1ccc2c(c1)OCO2. The molecule has 1 aromatic heterocycles. The molecule has 1 saturated heterocycles. The summed E-state index contributed by atoms with van der Waals surface area (Å²) in [5.74, 6) is 0.698. The lowest BCUT2D eigenvalue weighted by Crippen LogP contribution is -2.60. The van der Waals surface area contributed by atoms with Crippen LogP contribution in [-0.4, -0.2) is 39.8 Å². The minimum atomic E-state index is -0.565. The third kappa shape index (κ3) is 3.97. The highest BCUT2D eigenvalue weighted by molar-refractivity contribution is 6.30. The molecule has 0 radical (unpaired) electrons. The average Bonchev–Trinajstić information content (AvgIpc) is 3.53. The van der Waals surface area contributed by atoms with Crippen LogP contribution >= 0.6 is 11.6 Å². The number of rotatable bonds is 4. The fourth-order valence-electron chi connectivity index (χ4n) is 4.91. The van der Waals surface area contributed by atoms with E-state index >= 15 is 0 Å². The number of hydrogen-bond acceptors (Lipinski definition) is 7. The highest BCUT2D eigenvalue weighted by Crippen LogP contribution is 2.39. The zero-order valence-electron chi connectivity index (χ0n) is 18.4. The number of nitrogens with zero attached hydrogens (tertiary/aromatic N) is 3. The Kier molecular flexibility index (Phi) is 5.32. The van der Waals surface area contributed by atoms with Crippen LogP contribution in [0.15, 0.2) is 40.9 Å². The van der Waals surface area contributed by atoms with Gasteiger partial charge in [-0.05, 0) is 55.2 Å². The molecule has 2 fully saturated rings. The number of ether oxygens (including phenoxy) is 2. The second kappa shape index (κ2) is 8.53. The number of fused-ring (bicyclic) bond motifs is 2. The number of amides is 3. The number of urea groups is 1. The van der Waals surface area contributed by atoms with E-state index in [2.05, 4.69) is 15.5 Å². The van der Waals surface area contributed by atoms with Crippen LogP contribution < -0.4 is 14.8 Å². The third-order valence-corrected chi connectivity index (χ3v) is 7.04. The van der Waals surface area contributed by atoms with Crippen LogP contribution in [-0.2, 0) is 11.3 Å².